The summed E-state index contributed by atoms with van der Waals surface area (Å²) in [5.74, 6) is 0. The first-order valence-corrected chi connectivity index (χ1v) is 5.99. The lowest BCUT2D eigenvalue weighted by molar-refractivity contribution is 0.607. The average Bonchev–Trinajstić information content (AvgIpc) is 2.90. The van der Waals surface area contributed by atoms with Crippen LogP contribution in [0.2, 0.25) is 0 Å². The molecule has 0 spiro atoms. The first-order chi connectivity index (χ1) is 8.66. The highest BCUT2D eigenvalue weighted by Gasteiger charge is 2.05. The first kappa shape index (κ1) is 12.5. The zero-order valence-electron chi connectivity index (χ0n) is 10.8. The molecule has 0 fully saturated rings. The van der Waals surface area contributed by atoms with Gasteiger partial charge in [-0.1, -0.05) is 24.3 Å². The Balaban J connectivity index is 2.05. The summed E-state index contributed by atoms with van der Waals surface area (Å²) in [6.45, 7) is 8.89. The maximum atomic E-state index is 4.10. The monoisotopic (exact) mass is 242 g/mol. The van der Waals surface area contributed by atoms with Crippen LogP contribution in [0.5, 0.6) is 0 Å². The van der Waals surface area contributed by atoms with E-state index in [4.69, 9.17) is 0 Å². The van der Waals surface area contributed by atoms with Gasteiger partial charge in [0.15, 0.2) is 0 Å². The molecule has 1 atom stereocenters. The molecule has 4 heteroatoms. The predicted molar refractivity (Wildman–Crippen MR) is 72.6 cm³/mol. The molecule has 2 aromatic rings. The Kier molecular flexibility index (Phi) is 3.89. The molecule has 1 aromatic heterocycles. The molecule has 2 rings (SSSR count). The van der Waals surface area contributed by atoms with Crippen LogP contribution in [-0.4, -0.2) is 21.3 Å². The van der Waals surface area contributed by atoms with Crippen molar-refractivity contribution in [2.24, 2.45) is 0 Å². The number of nitrogens with zero attached hydrogens (tertiary/aromatic N) is 3. The van der Waals surface area contributed by atoms with Crippen LogP contribution in [0.25, 0.3) is 5.69 Å². The third kappa shape index (κ3) is 3.05. The lowest BCUT2D eigenvalue weighted by Crippen LogP contribution is -2.20. The van der Waals surface area contributed by atoms with Gasteiger partial charge in [-0.2, -0.15) is 5.10 Å². The van der Waals surface area contributed by atoms with Crippen LogP contribution >= 0.6 is 0 Å². The van der Waals surface area contributed by atoms with Crippen molar-refractivity contribution in [3.8, 4) is 5.69 Å². The first-order valence-electron chi connectivity index (χ1n) is 5.99. The van der Waals surface area contributed by atoms with E-state index in [0.717, 1.165) is 17.8 Å². The van der Waals surface area contributed by atoms with Crippen molar-refractivity contribution >= 4 is 0 Å². The minimum atomic E-state index is 0.312. The number of rotatable bonds is 5. The molecule has 0 aliphatic heterocycles. The quantitative estimate of drug-likeness (QED) is 0.819. The minimum absolute atomic E-state index is 0.312. The van der Waals surface area contributed by atoms with Gasteiger partial charge in [-0.15, -0.1) is 0 Å². The third-order valence-corrected chi connectivity index (χ3v) is 2.79. The second kappa shape index (κ2) is 5.60. The number of nitrogens with one attached hydrogen (secondary N) is 1. The lowest BCUT2D eigenvalue weighted by atomic mass is 10.1. The van der Waals surface area contributed by atoms with E-state index in [0.29, 0.717) is 6.04 Å². The number of benzene rings is 1. The summed E-state index contributed by atoms with van der Waals surface area (Å²) in [6, 6.07) is 8.61. The largest absolute Gasteiger partial charge is 0.306 e. The highest BCUT2D eigenvalue weighted by Crippen LogP contribution is 2.15. The van der Waals surface area contributed by atoms with Crippen molar-refractivity contribution in [2.75, 3.05) is 6.54 Å². The summed E-state index contributed by atoms with van der Waals surface area (Å²) < 4.78 is 1.75. The molecule has 0 bridgehead atoms. The standard InChI is InChI=1S/C14H18N4/c1-11(2)8-16-12(3)13-4-6-14(7-5-13)18-10-15-9-17-18/h4-7,9-10,12,16H,1,8H2,2-3H3/t12-/m0/s1. The van der Waals surface area contributed by atoms with Gasteiger partial charge in [0.25, 0.3) is 0 Å². The van der Waals surface area contributed by atoms with E-state index in [2.05, 4.69) is 41.0 Å². The molecule has 18 heavy (non-hydrogen) atoms. The highest BCUT2D eigenvalue weighted by atomic mass is 15.3. The Morgan fingerprint density at radius 3 is 2.67 bits per heavy atom. The van der Waals surface area contributed by atoms with Crippen LogP contribution in [0.3, 0.4) is 0 Å². The maximum absolute atomic E-state index is 4.10. The van der Waals surface area contributed by atoms with Gasteiger partial charge in [-0.3, -0.25) is 0 Å². The van der Waals surface area contributed by atoms with Crippen molar-refractivity contribution in [1.82, 2.24) is 20.1 Å². The van der Waals surface area contributed by atoms with Gasteiger partial charge in [0, 0.05) is 12.6 Å². The second-order valence-corrected chi connectivity index (χ2v) is 4.49. The maximum Gasteiger partial charge on any atom is 0.138 e. The molecule has 1 aromatic carbocycles. The molecule has 0 saturated heterocycles. The molecule has 4 nitrogen and oxygen atoms in total. The van der Waals surface area contributed by atoms with Crippen LogP contribution in [0.1, 0.15) is 25.5 Å². The fraction of sp³-hybridized carbons (Fsp3) is 0.286. The van der Waals surface area contributed by atoms with Gasteiger partial charge >= 0.3 is 0 Å². The number of hydrogen-bond acceptors (Lipinski definition) is 3. The van der Waals surface area contributed by atoms with E-state index >= 15 is 0 Å². The summed E-state index contributed by atoms with van der Waals surface area (Å²) >= 11 is 0. The van der Waals surface area contributed by atoms with Gasteiger partial charge in [0.1, 0.15) is 12.7 Å². The van der Waals surface area contributed by atoms with Gasteiger partial charge < -0.3 is 5.32 Å². The van der Waals surface area contributed by atoms with Crippen molar-refractivity contribution in [3.63, 3.8) is 0 Å². The third-order valence-electron chi connectivity index (χ3n) is 2.79. The SMILES string of the molecule is C=C(C)CN[C@@H](C)c1ccc(-n2cncn2)cc1. The summed E-state index contributed by atoms with van der Waals surface area (Å²) in [7, 11) is 0. The second-order valence-electron chi connectivity index (χ2n) is 4.49. The van der Waals surface area contributed by atoms with E-state index in [1.165, 1.54) is 11.9 Å². The smallest absolute Gasteiger partial charge is 0.138 e. The lowest BCUT2D eigenvalue weighted by Gasteiger charge is -2.14. The highest BCUT2D eigenvalue weighted by molar-refractivity contribution is 5.34. The Morgan fingerprint density at radius 1 is 1.39 bits per heavy atom. The fourth-order valence-electron chi connectivity index (χ4n) is 1.70. The molecule has 1 N–H and O–H groups in total. The molecule has 0 radical (unpaired) electrons. The molecule has 0 saturated carbocycles. The molecule has 0 amide bonds. The van der Waals surface area contributed by atoms with E-state index < -0.39 is 0 Å². The van der Waals surface area contributed by atoms with Crippen LogP contribution in [0.4, 0.5) is 0 Å². The normalized spacial score (nSPS) is 12.3. The van der Waals surface area contributed by atoms with Gasteiger partial charge in [0.05, 0.1) is 5.69 Å². The van der Waals surface area contributed by atoms with Crippen molar-refractivity contribution in [1.29, 1.82) is 0 Å². The summed E-state index contributed by atoms with van der Waals surface area (Å²) in [6.07, 6.45) is 3.22. The Morgan fingerprint density at radius 2 is 2.11 bits per heavy atom. The van der Waals surface area contributed by atoms with E-state index in [9.17, 15) is 0 Å². The summed E-state index contributed by atoms with van der Waals surface area (Å²) in [5.41, 5.74) is 3.41. The molecule has 1 heterocycles. The van der Waals surface area contributed by atoms with E-state index in [-0.39, 0.29) is 0 Å². The Labute approximate surface area is 107 Å². The Bertz CT molecular complexity index is 499. The minimum Gasteiger partial charge on any atom is -0.306 e. The van der Waals surface area contributed by atoms with E-state index in [1.807, 2.05) is 19.1 Å². The molecule has 0 unspecified atom stereocenters. The Hall–Kier alpha value is -1.94. The van der Waals surface area contributed by atoms with Crippen LogP contribution in [-0.2, 0) is 0 Å². The van der Waals surface area contributed by atoms with Crippen molar-refractivity contribution < 1.29 is 0 Å². The van der Waals surface area contributed by atoms with Gasteiger partial charge in [0.2, 0.25) is 0 Å². The summed E-state index contributed by atoms with van der Waals surface area (Å²) in [5, 5.41) is 7.52. The van der Waals surface area contributed by atoms with Crippen molar-refractivity contribution in [3.05, 3.63) is 54.6 Å². The van der Waals surface area contributed by atoms with E-state index in [1.54, 1.807) is 11.0 Å². The van der Waals surface area contributed by atoms with Crippen LogP contribution < -0.4 is 5.32 Å². The molecular formula is C14H18N4. The van der Waals surface area contributed by atoms with Crippen molar-refractivity contribution in [2.45, 2.75) is 19.9 Å². The molecule has 0 aliphatic carbocycles. The molecule has 0 aliphatic rings. The van der Waals surface area contributed by atoms with Gasteiger partial charge in [-0.05, 0) is 31.5 Å². The zero-order chi connectivity index (χ0) is 13.0. The average molecular weight is 242 g/mol. The topological polar surface area (TPSA) is 42.7 Å². The number of aromatic nitrogens is 3. The summed E-state index contributed by atoms with van der Waals surface area (Å²) in [4.78, 5) is 3.93. The van der Waals surface area contributed by atoms with Gasteiger partial charge in [-0.25, -0.2) is 9.67 Å². The molecule has 94 valence electrons. The fourth-order valence-corrected chi connectivity index (χ4v) is 1.70. The van der Waals surface area contributed by atoms with Crippen LogP contribution in [0, 0.1) is 0 Å². The zero-order valence-corrected chi connectivity index (χ0v) is 10.8. The van der Waals surface area contributed by atoms with Crippen LogP contribution in [0.15, 0.2) is 49.1 Å². The molecular weight excluding hydrogens is 224 g/mol. The predicted octanol–water partition coefficient (Wildman–Crippen LogP) is 2.49. The number of hydrogen-bond donors (Lipinski definition) is 1.